The number of hydrogen-bond acceptors (Lipinski definition) is 3. The van der Waals surface area contributed by atoms with Gasteiger partial charge >= 0.3 is 0 Å². The molecule has 1 aliphatic rings. The zero-order chi connectivity index (χ0) is 13.0. The van der Waals surface area contributed by atoms with Gasteiger partial charge in [0.05, 0.1) is 22.7 Å². The molecule has 2 heterocycles. The van der Waals surface area contributed by atoms with Gasteiger partial charge in [-0.1, -0.05) is 11.6 Å². The third-order valence-corrected chi connectivity index (χ3v) is 3.78. The van der Waals surface area contributed by atoms with E-state index < -0.39 is 0 Å². The quantitative estimate of drug-likeness (QED) is 0.776. The van der Waals surface area contributed by atoms with Crippen molar-refractivity contribution in [3.05, 3.63) is 22.8 Å². The van der Waals surface area contributed by atoms with E-state index in [0.717, 1.165) is 44.0 Å². The summed E-state index contributed by atoms with van der Waals surface area (Å²) in [5.41, 5.74) is 0.738. The maximum absolute atomic E-state index is 6.02. The van der Waals surface area contributed by atoms with Crippen LogP contribution >= 0.6 is 23.2 Å². The topological polar surface area (TPSA) is 25.4 Å². The van der Waals surface area contributed by atoms with Crippen LogP contribution in [0.3, 0.4) is 0 Å². The van der Waals surface area contributed by atoms with Gasteiger partial charge in [0.2, 0.25) is 0 Å². The van der Waals surface area contributed by atoms with Gasteiger partial charge in [-0.25, -0.2) is 4.98 Å². The van der Waals surface area contributed by atoms with Crippen LogP contribution in [0.2, 0.25) is 5.02 Å². The number of likely N-dealkylation sites (N-methyl/N-ethyl adjacent to an activating group) is 1. The number of hydrogen-bond donors (Lipinski definition) is 0. The van der Waals surface area contributed by atoms with E-state index >= 15 is 0 Å². The highest BCUT2D eigenvalue weighted by atomic mass is 35.5. The van der Waals surface area contributed by atoms with Crippen molar-refractivity contribution in [2.75, 3.05) is 24.6 Å². The molecule has 0 N–H and O–H groups in total. The molecule has 0 saturated carbocycles. The standard InChI is InChI=1S/C13H18Cl2N2O/c1-2-17(9-10-4-3-7-18-10)13-6-5-11(15)12(8-14)16-13/h5-6,10H,2-4,7-9H2,1H3. The molecular formula is C13H18Cl2N2O. The molecule has 1 saturated heterocycles. The van der Waals surface area contributed by atoms with Gasteiger partial charge < -0.3 is 9.64 Å². The second kappa shape index (κ2) is 6.60. The first-order chi connectivity index (χ1) is 8.74. The lowest BCUT2D eigenvalue weighted by Gasteiger charge is -2.25. The molecule has 0 amide bonds. The molecule has 0 aliphatic carbocycles. The third kappa shape index (κ3) is 3.28. The zero-order valence-electron chi connectivity index (χ0n) is 10.5. The van der Waals surface area contributed by atoms with E-state index in [1.165, 1.54) is 0 Å². The first-order valence-electron chi connectivity index (χ1n) is 6.32. The maximum atomic E-state index is 6.02. The van der Waals surface area contributed by atoms with Crippen molar-refractivity contribution in [2.24, 2.45) is 0 Å². The van der Waals surface area contributed by atoms with Gasteiger partial charge in [-0.05, 0) is 31.9 Å². The van der Waals surface area contributed by atoms with Crippen LogP contribution in [0.25, 0.3) is 0 Å². The Morgan fingerprint density at radius 1 is 1.50 bits per heavy atom. The van der Waals surface area contributed by atoms with E-state index in [0.29, 0.717) is 17.0 Å². The zero-order valence-corrected chi connectivity index (χ0v) is 12.0. The molecule has 0 bridgehead atoms. The van der Waals surface area contributed by atoms with E-state index in [-0.39, 0.29) is 0 Å². The lowest BCUT2D eigenvalue weighted by molar-refractivity contribution is 0.115. The van der Waals surface area contributed by atoms with Crippen molar-refractivity contribution in [3.63, 3.8) is 0 Å². The normalized spacial score (nSPS) is 19.2. The first kappa shape index (κ1) is 13.9. The number of nitrogens with zero attached hydrogens (tertiary/aromatic N) is 2. The Morgan fingerprint density at radius 3 is 2.94 bits per heavy atom. The van der Waals surface area contributed by atoms with Crippen molar-refractivity contribution in [2.45, 2.75) is 31.7 Å². The first-order valence-corrected chi connectivity index (χ1v) is 7.23. The Bertz CT molecular complexity index is 395. The molecule has 1 aliphatic heterocycles. The van der Waals surface area contributed by atoms with Crippen LogP contribution in [-0.4, -0.2) is 30.8 Å². The van der Waals surface area contributed by atoms with Crippen molar-refractivity contribution in [1.29, 1.82) is 0 Å². The van der Waals surface area contributed by atoms with Gasteiger partial charge in [-0.2, -0.15) is 0 Å². The molecule has 3 nitrogen and oxygen atoms in total. The largest absolute Gasteiger partial charge is 0.376 e. The van der Waals surface area contributed by atoms with E-state index in [2.05, 4.69) is 16.8 Å². The van der Waals surface area contributed by atoms with Crippen molar-refractivity contribution >= 4 is 29.0 Å². The molecule has 1 fully saturated rings. The van der Waals surface area contributed by atoms with Crippen LogP contribution in [0.4, 0.5) is 5.82 Å². The summed E-state index contributed by atoms with van der Waals surface area (Å²) in [4.78, 5) is 6.72. The lowest BCUT2D eigenvalue weighted by Crippen LogP contribution is -2.32. The molecule has 1 aromatic heterocycles. The summed E-state index contributed by atoms with van der Waals surface area (Å²) in [6.07, 6.45) is 2.61. The molecular weight excluding hydrogens is 271 g/mol. The van der Waals surface area contributed by atoms with Crippen molar-refractivity contribution < 1.29 is 4.74 Å². The number of aromatic nitrogens is 1. The predicted molar refractivity (Wildman–Crippen MR) is 75.7 cm³/mol. The summed E-state index contributed by atoms with van der Waals surface area (Å²) in [6.45, 7) is 4.78. The van der Waals surface area contributed by atoms with E-state index in [1.54, 1.807) is 0 Å². The van der Waals surface area contributed by atoms with Gasteiger partial charge in [0, 0.05) is 19.7 Å². The Balaban J connectivity index is 2.10. The molecule has 1 aromatic rings. The highest BCUT2D eigenvalue weighted by Crippen LogP contribution is 2.22. The van der Waals surface area contributed by atoms with Crippen LogP contribution in [0.1, 0.15) is 25.5 Å². The fourth-order valence-electron chi connectivity index (χ4n) is 2.16. The van der Waals surface area contributed by atoms with Gasteiger partial charge in [0.15, 0.2) is 0 Å². The monoisotopic (exact) mass is 288 g/mol. The van der Waals surface area contributed by atoms with Crippen LogP contribution in [-0.2, 0) is 10.6 Å². The summed E-state index contributed by atoms with van der Waals surface area (Å²) in [5.74, 6) is 1.26. The molecule has 18 heavy (non-hydrogen) atoms. The summed E-state index contributed by atoms with van der Waals surface area (Å²) < 4.78 is 5.67. The number of ether oxygens (including phenoxy) is 1. The minimum atomic E-state index is 0.321. The number of anilines is 1. The smallest absolute Gasteiger partial charge is 0.129 e. The highest BCUT2D eigenvalue weighted by molar-refractivity contribution is 6.32. The second-order valence-corrected chi connectivity index (χ2v) is 5.08. The third-order valence-electron chi connectivity index (χ3n) is 3.18. The predicted octanol–water partition coefficient (Wildman–Crippen LogP) is 3.48. The van der Waals surface area contributed by atoms with Gasteiger partial charge in [0.25, 0.3) is 0 Å². The summed E-state index contributed by atoms with van der Waals surface area (Å²) in [7, 11) is 0. The van der Waals surface area contributed by atoms with Crippen molar-refractivity contribution in [1.82, 2.24) is 4.98 Å². The maximum Gasteiger partial charge on any atom is 0.129 e. The molecule has 5 heteroatoms. The lowest BCUT2D eigenvalue weighted by atomic mass is 10.2. The van der Waals surface area contributed by atoms with Gasteiger partial charge in [0.1, 0.15) is 5.82 Å². The van der Waals surface area contributed by atoms with E-state index in [9.17, 15) is 0 Å². The summed E-state index contributed by atoms with van der Waals surface area (Å²) in [5, 5.41) is 0.627. The summed E-state index contributed by atoms with van der Waals surface area (Å²) >= 11 is 11.9. The molecule has 2 rings (SSSR count). The number of pyridine rings is 1. The average molecular weight is 289 g/mol. The minimum Gasteiger partial charge on any atom is -0.376 e. The van der Waals surface area contributed by atoms with Crippen LogP contribution in [0.15, 0.2) is 12.1 Å². The molecule has 1 unspecified atom stereocenters. The number of rotatable bonds is 5. The van der Waals surface area contributed by atoms with Gasteiger partial charge in [-0.3, -0.25) is 0 Å². The molecule has 0 aromatic carbocycles. The average Bonchev–Trinajstić information content (AvgIpc) is 2.89. The van der Waals surface area contributed by atoms with E-state index in [1.807, 2.05) is 12.1 Å². The van der Waals surface area contributed by atoms with Gasteiger partial charge in [-0.15, -0.1) is 11.6 Å². The van der Waals surface area contributed by atoms with Crippen LogP contribution in [0, 0.1) is 0 Å². The molecule has 0 radical (unpaired) electrons. The Morgan fingerprint density at radius 2 is 2.33 bits per heavy atom. The van der Waals surface area contributed by atoms with Crippen molar-refractivity contribution in [3.8, 4) is 0 Å². The minimum absolute atomic E-state index is 0.321. The summed E-state index contributed by atoms with van der Waals surface area (Å²) in [6, 6.07) is 3.80. The Hall–Kier alpha value is -0.510. The number of alkyl halides is 1. The molecule has 0 spiro atoms. The fourth-order valence-corrected chi connectivity index (χ4v) is 2.61. The molecule has 100 valence electrons. The highest BCUT2D eigenvalue weighted by Gasteiger charge is 2.19. The van der Waals surface area contributed by atoms with Crippen LogP contribution < -0.4 is 4.90 Å². The Labute approximate surface area is 118 Å². The molecule has 1 atom stereocenters. The van der Waals surface area contributed by atoms with E-state index in [4.69, 9.17) is 27.9 Å². The SMILES string of the molecule is CCN(CC1CCCO1)c1ccc(Cl)c(CCl)n1. The number of halogens is 2. The fraction of sp³-hybridized carbons (Fsp3) is 0.615. The van der Waals surface area contributed by atoms with Crippen LogP contribution in [0.5, 0.6) is 0 Å². The second-order valence-electron chi connectivity index (χ2n) is 4.41. The Kier molecular flexibility index (Phi) is 5.10.